The highest BCUT2D eigenvalue weighted by molar-refractivity contribution is 4.99. The van der Waals surface area contributed by atoms with E-state index in [4.69, 9.17) is 9.84 Å². The molecule has 0 aliphatic carbocycles. The lowest BCUT2D eigenvalue weighted by atomic mass is 10.3. The summed E-state index contributed by atoms with van der Waals surface area (Å²) in [6.07, 6.45) is -0.398. The van der Waals surface area contributed by atoms with Crippen molar-refractivity contribution in [1.82, 2.24) is 0 Å². The van der Waals surface area contributed by atoms with Crippen LogP contribution >= 0.6 is 0 Å². The van der Waals surface area contributed by atoms with Gasteiger partial charge in [-0.1, -0.05) is 50.2 Å². The van der Waals surface area contributed by atoms with E-state index in [1.54, 1.807) is 14.0 Å². The Morgan fingerprint density at radius 1 is 0.867 bits per heavy atom. The molecule has 0 saturated carbocycles. The van der Waals surface area contributed by atoms with Gasteiger partial charge in [0.05, 0.1) is 12.2 Å². The number of hydrogen-bond donors (Lipinski definition) is 1. The summed E-state index contributed by atoms with van der Waals surface area (Å²) in [5, 5.41) is 8.70. The second-order valence-electron chi connectivity index (χ2n) is 2.84. The number of rotatable bonds is 2. The normalized spacial score (nSPS) is 12.4. The predicted octanol–water partition coefficient (Wildman–Crippen LogP) is 3.11. The summed E-state index contributed by atoms with van der Waals surface area (Å²) in [5.41, 5.74) is 0. The smallest absolute Gasteiger partial charge is 0.0799 e. The van der Waals surface area contributed by atoms with Gasteiger partial charge in [0, 0.05) is 7.11 Å². The lowest BCUT2D eigenvalue weighted by Crippen LogP contribution is -2.20. The van der Waals surface area contributed by atoms with Crippen molar-refractivity contribution in [2.75, 3.05) is 7.11 Å². The van der Waals surface area contributed by atoms with Crippen molar-refractivity contribution in [2.24, 2.45) is 0 Å². The Morgan fingerprint density at radius 3 is 1.20 bits per heavy atom. The molecule has 2 heteroatoms. The van der Waals surface area contributed by atoms with Gasteiger partial charge in [0.1, 0.15) is 0 Å². The first-order chi connectivity index (χ1) is 7.18. The van der Waals surface area contributed by atoms with Crippen LogP contribution in [0.15, 0.2) is 36.4 Å². The minimum absolute atomic E-state index is 0.0417. The average Bonchev–Trinajstić information content (AvgIpc) is 2.33. The molecule has 2 unspecified atom stereocenters. The SMILES string of the molecule is CC.COC(C)C(C)O.c1ccccc1. The lowest BCUT2D eigenvalue weighted by Gasteiger charge is -2.10. The van der Waals surface area contributed by atoms with Gasteiger partial charge in [0.2, 0.25) is 0 Å². The molecule has 2 atom stereocenters. The maximum atomic E-state index is 8.70. The number of benzene rings is 1. The molecule has 0 saturated heterocycles. The summed E-state index contributed by atoms with van der Waals surface area (Å²) < 4.78 is 4.76. The zero-order valence-electron chi connectivity index (χ0n) is 10.5. The summed E-state index contributed by atoms with van der Waals surface area (Å²) >= 11 is 0. The second-order valence-corrected chi connectivity index (χ2v) is 2.84. The van der Waals surface area contributed by atoms with E-state index in [0.717, 1.165) is 0 Å². The summed E-state index contributed by atoms with van der Waals surface area (Å²) in [6.45, 7) is 7.53. The van der Waals surface area contributed by atoms with E-state index in [-0.39, 0.29) is 12.2 Å². The Balaban J connectivity index is 0. The fourth-order valence-electron chi connectivity index (χ4n) is 0.582. The number of aliphatic hydroxyl groups excluding tert-OH is 1. The zero-order chi connectivity index (χ0) is 12.1. The monoisotopic (exact) mass is 212 g/mol. The van der Waals surface area contributed by atoms with Gasteiger partial charge in [-0.3, -0.25) is 0 Å². The zero-order valence-corrected chi connectivity index (χ0v) is 10.5. The van der Waals surface area contributed by atoms with E-state index in [2.05, 4.69) is 0 Å². The van der Waals surface area contributed by atoms with Crippen LogP contribution in [0.5, 0.6) is 0 Å². The summed E-state index contributed by atoms with van der Waals surface area (Å²) in [7, 11) is 1.58. The van der Waals surface area contributed by atoms with Crippen molar-refractivity contribution in [3.63, 3.8) is 0 Å². The van der Waals surface area contributed by atoms with Gasteiger partial charge in [-0.2, -0.15) is 0 Å². The Morgan fingerprint density at radius 2 is 1.13 bits per heavy atom. The summed E-state index contributed by atoms with van der Waals surface area (Å²) in [6, 6.07) is 12.0. The molecule has 1 N–H and O–H groups in total. The first-order valence-corrected chi connectivity index (χ1v) is 5.39. The number of ether oxygens (including phenoxy) is 1. The molecule has 0 amide bonds. The van der Waals surface area contributed by atoms with Crippen molar-refractivity contribution in [1.29, 1.82) is 0 Å². The van der Waals surface area contributed by atoms with Crippen molar-refractivity contribution >= 4 is 0 Å². The third kappa shape index (κ3) is 13.1. The van der Waals surface area contributed by atoms with Gasteiger partial charge in [-0.15, -0.1) is 0 Å². The first kappa shape index (κ1) is 16.6. The number of hydrogen-bond acceptors (Lipinski definition) is 2. The highest BCUT2D eigenvalue weighted by atomic mass is 16.5. The van der Waals surface area contributed by atoms with Gasteiger partial charge >= 0.3 is 0 Å². The fraction of sp³-hybridized carbons (Fsp3) is 0.538. The summed E-state index contributed by atoms with van der Waals surface area (Å²) in [5.74, 6) is 0. The molecule has 1 aromatic rings. The average molecular weight is 212 g/mol. The van der Waals surface area contributed by atoms with Crippen LogP contribution in [-0.2, 0) is 4.74 Å². The van der Waals surface area contributed by atoms with Crippen molar-refractivity contribution in [3.05, 3.63) is 36.4 Å². The Bertz CT molecular complexity index is 158. The van der Waals surface area contributed by atoms with Crippen LogP contribution in [-0.4, -0.2) is 24.4 Å². The third-order valence-electron chi connectivity index (χ3n) is 1.72. The number of aliphatic hydroxyl groups is 1. The van der Waals surface area contributed by atoms with Crippen LogP contribution in [0.25, 0.3) is 0 Å². The molecule has 0 spiro atoms. The molecular formula is C13H24O2. The Labute approximate surface area is 93.9 Å². The van der Waals surface area contributed by atoms with Crippen LogP contribution in [0.4, 0.5) is 0 Å². The molecular weight excluding hydrogens is 188 g/mol. The van der Waals surface area contributed by atoms with Crippen molar-refractivity contribution in [2.45, 2.75) is 39.9 Å². The third-order valence-corrected chi connectivity index (χ3v) is 1.72. The van der Waals surface area contributed by atoms with Crippen LogP contribution in [0.2, 0.25) is 0 Å². The maximum Gasteiger partial charge on any atom is 0.0799 e. The largest absolute Gasteiger partial charge is 0.391 e. The summed E-state index contributed by atoms with van der Waals surface area (Å²) in [4.78, 5) is 0. The van der Waals surface area contributed by atoms with Crippen molar-refractivity contribution in [3.8, 4) is 0 Å². The van der Waals surface area contributed by atoms with Gasteiger partial charge in [0.25, 0.3) is 0 Å². The number of methoxy groups -OCH3 is 1. The molecule has 0 aliphatic heterocycles. The van der Waals surface area contributed by atoms with Crippen molar-refractivity contribution < 1.29 is 9.84 Å². The molecule has 15 heavy (non-hydrogen) atoms. The highest BCUT2D eigenvalue weighted by Gasteiger charge is 2.03. The molecule has 0 radical (unpaired) electrons. The van der Waals surface area contributed by atoms with Gasteiger partial charge < -0.3 is 9.84 Å². The van der Waals surface area contributed by atoms with Crippen LogP contribution in [0.1, 0.15) is 27.7 Å². The molecule has 2 nitrogen and oxygen atoms in total. The quantitative estimate of drug-likeness (QED) is 0.816. The topological polar surface area (TPSA) is 29.5 Å². The molecule has 0 fully saturated rings. The second kappa shape index (κ2) is 13.1. The van der Waals surface area contributed by atoms with E-state index < -0.39 is 0 Å². The molecule has 0 heterocycles. The fourth-order valence-corrected chi connectivity index (χ4v) is 0.582. The van der Waals surface area contributed by atoms with E-state index in [9.17, 15) is 0 Å². The molecule has 0 bridgehead atoms. The molecule has 1 rings (SSSR count). The van der Waals surface area contributed by atoms with Crippen LogP contribution in [0.3, 0.4) is 0 Å². The highest BCUT2D eigenvalue weighted by Crippen LogP contribution is 1.92. The van der Waals surface area contributed by atoms with Crippen LogP contribution in [0, 0.1) is 0 Å². The molecule has 1 aromatic carbocycles. The minimum Gasteiger partial charge on any atom is -0.391 e. The van der Waals surface area contributed by atoms with E-state index in [1.165, 1.54) is 0 Å². The lowest BCUT2D eigenvalue weighted by molar-refractivity contribution is 0.00997. The van der Waals surface area contributed by atoms with Crippen LogP contribution < -0.4 is 0 Å². The Hall–Kier alpha value is -0.860. The Kier molecular flexibility index (Phi) is 14.5. The molecule has 0 aromatic heterocycles. The van der Waals surface area contributed by atoms with E-state index in [1.807, 2.05) is 57.2 Å². The first-order valence-electron chi connectivity index (χ1n) is 5.39. The van der Waals surface area contributed by atoms with E-state index in [0.29, 0.717) is 0 Å². The van der Waals surface area contributed by atoms with Gasteiger partial charge in [-0.05, 0) is 13.8 Å². The molecule has 88 valence electrons. The van der Waals surface area contributed by atoms with E-state index >= 15 is 0 Å². The maximum absolute atomic E-state index is 8.70. The molecule has 0 aliphatic rings. The predicted molar refractivity (Wildman–Crippen MR) is 65.9 cm³/mol. The standard InChI is InChI=1S/C6H6.C5H12O2.C2H6/c1-2-4-6-5-3-1;1-4(6)5(2)7-3;1-2/h1-6H;4-6H,1-3H3;1-2H3. The van der Waals surface area contributed by atoms with Gasteiger partial charge in [0.15, 0.2) is 0 Å². The van der Waals surface area contributed by atoms with Gasteiger partial charge in [-0.25, -0.2) is 0 Å². The minimum atomic E-state index is -0.356.